The minimum Gasteiger partial charge on any atom is -0.384 e. The summed E-state index contributed by atoms with van der Waals surface area (Å²) in [6, 6.07) is 12.8. The lowest BCUT2D eigenvalue weighted by molar-refractivity contribution is 1.09. The van der Waals surface area contributed by atoms with Gasteiger partial charge in [-0.05, 0) is 47.9 Å². The van der Waals surface area contributed by atoms with Gasteiger partial charge in [0.15, 0.2) is 0 Å². The number of nitrogen functional groups attached to an aromatic ring is 1. The molecule has 0 bridgehead atoms. The van der Waals surface area contributed by atoms with Gasteiger partial charge in [-0.25, -0.2) is 4.98 Å². The summed E-state index contributed by atoms with van der Waals surface area (Å²) in [5.41, 5.74) is 9.65. The monoisotopic (exact) mass is 224 g/mol. The Balaban J connectivity index is 1.79. The van der Waals surface area contributed by atoms with Crippen LogP contribution in [0.1, 0.15) is 35.4 Å². The van der Waals surface area contributed by atoms with Crippen LogP contribution in [0.5, 0.6) is 0 Å². The van der Waals surface area contributed by atoms with Crippen LogP contribution in [0.25, 0.3) is 0 Å². The predicted molar refractivity (Wildman–Crippen MR) is 69.9 cm³/mol. The summed E-state index contributed by atoms with van der Waals surface area (Å²) >= 11 is 0. The van der Waals surface area contributed by atoms with Crippen molar-refractivity contribution in [3.8, 4) is 0 Å². The number of hydrogen-bond acceptors (Lipinski definition) is 2. The van der Waals surface area contributed by atoms with Crippen LogP contribution in [0.2, 0.25) is 0 Å². The first-order chi connectivity index (χ1) is 8.31. The molecule has 0 amide bonds. The minimum atomic E-state index is 0.584. The molecular weight excluding hydrogens is 208 g/mol. The van der Waals surface area contributed by atoms with Crippen molar-refractivity contribution in [2.45, 2.75) is 25.2 Å². The van der Waals surface area contributed by atoms with Crippen molar-refractivity contribution in [2.24, 2.45) is 0 Å². The molecule has 1 heterocycles. The van der Waals surface area contributed by atoms with Crippen LogP contribution >= 0.6 is 0 Å². The van der Waals surface area contributed by atoms with Crippen LogP contribution in [-0.2, 0) is 6.42 Å². The second-order valence-corrected chi connectivity index (χ2v) is 4.79. The molecule has 1 saturated carbocycles. The van der Waals surface area contributed by atoms with E-state index in [1.165, 1.54) is 29.5 Å². The summed E-state index contributed by atoms with van der Waals surface area (Å²) in [6.07, 6.45) is 5.51. The van der Waals surface area contributed by atoms with Crippen LogP contribution < -0.4 is 5.73 Å². The molecule has 0 aliphatic heterocycles. The van der Waals surface area contributed by atoms with Gasteiger partial charge in [-0.1, -0.05) is 30.3 Å². The molecule has 0 radical (unpaired) electrons. The second-order valence-electron chi connectivity index (χ2n) is 4.79. The zero-order chi connectivity index (χ0) is 11.7. The third-order valence-corrected chi connectivity index (χ3v) is 3.26. The highest BCUT2D eigenvalue weighted by Crippen LogP contribution is 2.40. The fourth-order valence-electron chi connectivity index (χ4n) is 2.15. The third-order valence-electron chi connectivity index (χ3n) is 3.26. The first-order valence-corrected chi connectivity index (χ1v) is 6.10. The van der Waals surface area contributed by atoms with Crippen LogP contribution in [-0.4, -0.2) is 4.98 Å². The number of anilines is 1. The quantitative estimate of drug-likeness (QED) is 0.870. The van der Waals surface area contributed by atoms with Crippen molar-refractivity contribution in [3.05, 3.63) is 59.3 Å². The van der Waals surface area contributed by atoms with E-state index in [1.807, 2.05) is 18.3 Å². The van der Waals surface area contributed by atoms with Crippen molar-refractivity contribution in [1.29, 1.82) is 0 Å². The topological polar surface area (TPSA) is 38.9 Å². The molecule has 0 unspecified atom stereocenters. The van der Waals surface area contributed by atoms with Crippen LogP contribution in [0.3, 0.4) is 0 Å². The maximum absolute atomic E-state index is 5.58. The van der Waals surface area contributed by atoms with Gasteiger partial charge in [-0.15, -0.1) is 0 Å². The number of pyridine rings is 1. The molecule has 1 aliphatic carbocycles. The largest absolute Gasteiger partial charge is 0.384 e. The van der Waals surface area contributed by atoms with Crippen molar-refractivity contribution in [1.82, 2.24) is 4.98 Å². The van der Waals surface area contributed by atoms with E-state index in [2.05, 4.69) is 29.2 Å². The maximum Gasteiger partial charge on any atom is 0.123 e. The van der Waals surface area contributed by atoms with Gasteiger partial charge < -0.3 is 5.73 Å². The van der Waals surface area contributed by atoms with E-state index in [0.717, 1.165) is 12.3 Å². The van der Waals surface area contributed by atoms with E-state index >= 15 is 0 Å². The molecule has 17 heavy (non-hydrogen) atoms. The Morgan fingerprint density at radius 3 is 2.71 bits per heavy atom. The molecule has 1 aromatic carbocycles. The average molecular weight is 224 g/mol. The number of nitrogens with zero attached hydrogens (tertiary/aromatic N) is 1. The first-order valence-electron chi connectivity index (χ1n) is 6.10. The lowest BCUT2D eigenvalue weighted by Gasteiger charge is -2.04. The molecular formula is C15H16N2. The fraction of sp³-hybridized carbons (Fsp3) is 0.267. The SMILES string of the molecule is Nc1ccc(Cc2cccc(C3CC3)c2)cn1. The van der Waals surface area contributed by atoms with E-state index in [0.29, 0.717) is 5.82 Å². The van der Waals surface area contributed by atoms with Crippen molar-refractivity contribution >= 4 is 5.82 Å². The Hall–Kier alpha value is -1.83. The number of aromatic nitrogens is 1. The Labute approximate surface area is 102 Å². The van der Waals surface area contributed by atoms with Gasteiger partial charge in [0, 0.05) is 6.20 Å². The Morgan fingerprint density at radius 1 is 1.12 bits per heavy atom. The average Bonchev–Trinajstić information content (AvgIpc) is 3.17. The molecule has 0 saturated heterocycles. The van der Waals surface area contributed by atoms with Crippen molar-refractivity contribution < 1.29 is 0 Å². The van der Waals surface area contributed by atoms with E-state index in [-0.39, 0.29) is 0 Å². The molecule has 0 spiro atoms. The zero-order valence-electron chi connectivity index (χ0n) is 9.76. The van der Waals surface area contributed by atoms with Gasteiger partial charge in [0.25, 0.3) is 0 Å². The summed E-state index contributed by atoms with van der Waals surface area (Å²) in [5.74, 6) is 1.40. The van der Waals surface area contributed by atoms with Crippen LogP contribution in [0.15, 0.2) is 42.6 Å². The smallest absolute Gasteiger partial charge is 0.123 e. The Morgan fingerprint density at radius 2 is 2.00 bits per heavy atom. The normalized spacial score (nSPS) is 14.8. The van der Waals surface area contributed by atoms with E-state index < -0.39 is 0 Å². The number of rotatable bonds is 3. The number of nitrogens with two attached hydrogens (primary N) is 1. The van der Waals surface area contributed by atoms with Gasteiger partial charge in [-0.3, -0.25) is 0 Å². The number of benzene rings is 1. The summed E-state index contributed by atoms with van der Waals surface area (Å²) in [7, 11) is 0. The standard InChI is InChI=1S/C15H16N2/c16-15-7-4-12(10-17-15)8-11-2-1-3-14(9-11)13-5-6-13/h1-4,7,9-10,13H,5-6,8H2,(H2,16,17). The summed E-state index contributed by atoms with van der Waals surface area (Å²) in [6.45, 7) is 0. The highest BCUT2D eigenvalue weighted by molar-refractivity contribution is 5.34. The van der Waals surface area contributed by atoms with Gasteiger partial charge in [0.2, 0.25) is 0 Å². The van der Waals surface area contributed by atoms with Gasteiger partial charge >= 0.3 is 0 Å². The van der Waals surface area contributed by atoms with Gasteiger partial charge in [0.05, 0.1) is 0 Å². The van der Waals surface area contributed by atoms with Crippen molar-refractivity contribution in [2.75, 3.05) is 5.73 Å². The molecule has 1 fully saturated rings. The van der Waals surface area contributed by atoms with Crippen molar-refractivity contribution in [3.63, 3.8) is 0 Å². The fourth-order valence-corrected chi connectivity index (χ4v) is 2.15. The second kappa shape index (κ2) is 4.21. The van der Waals surface area contributed by atoms with Crippen LogP contribution in [0, 0.1) is 0 Å². The lowest BCUT2D eigenvalue weighted by Crippen LogP contribution is -1.93. The molecule has 0 atom stereocenters. The third kappa shape index (κ3) is 2.47. The molecule has 86 valence electrons. The summed E-state index contributed by atoms with van der Waals surface area (Å²) < 4.78 is 0. The summed E-state index contributed by atoms with van der Waals surface area (Å²) in [4.78, 5) is 4.12. The highest BCUT2D eigenvalue weighted by atomic mass is 14.8. The molecule has 1 aliphatic rings. The Kier molecular flexibility index (Phi) is 2.56. The predicted octanol–water partition coefficient (Wildman–Crippen LogP) is 3.13. The maximum atomic E-state index is 5.58. The van der Waals surface area contributed by atoms with Crippen LogP contribution in [0.4, 0.5) is 5.82 Å². The summed E-state index contributed by atoms with van der Waals surface area (Å²) in [5, 5.41) is 0. The van der Waals surface area contributed by atoms with E-state index in [9.17, 15) is 0 Å². The zero-order valence-corrected chi connectivity index (χ0v) is 9.76. The van der Waals surface area contributed by atoms with E-state index in [4.69, 9.17) is 5.73 Å². The molecule has 2 N–H and O–H groups in total. The van der Waals surface area contributed by atoms with Gasteiger partial charge in [-0.2, -0.15) is 0 Å². The minimum absolute atomic E-state index is 0.584. The molecule has 3 rings (SSSR count). The number of hydrogen-bond donors (Lipinski definition) is 1. The molecule has 2 nitrogen and oxygen atoms in total. The molecule has 1 aromatic heterocycles. The first kappa shape index (κ1) is 10.3. The molecule has 2 aromatic rings. The lowest BCUT2D eigenvalue weighted by atomic mass is 10.0. The highest BCUT2D eigenvalue weighted by Gasteiger charge is 2.23. The molecule has 2 heteroatoms. The Bertz CT molecular complexity index is 513. The van der Waals surface area contributed by atoms with E-state index in [1.54, 1.807) is 0 Å². The van der Waals surface area contributed by atoms with Gasteiger partial charge in [0.1, 0.15) is 5.82 Å².